The number of hydrogen-bond acceptors (Lipinski definition) is 3. The molecule has 0 bridgehead atoms. The number of halogens is 2. The highest BCUT2D eigenvalue weighted by atomic mass is 127. The van der Waals surface area contributed by atoms with Crippen LogP contribution in [0.1, 0.15) is 30.1 Å². The Bertz CT molecular complexity index is 788. The predicted molar refractivity (Wildman–Crippen MR) is 114 cm³/mol. The molecule has 1 atom stereocenters. The summed E-state index contributed by atoms with van der Waals surface area (Å²) in [5.41, 5.74) is 1.19. The third-order valence-corrected chi connectivity index (χ3v) is 5.33. The standard InChI is InChI=1S/C19H25FN6.HI/c1-21-19(22-12-18-24-23-17-3-2-9-26(17)18)25-10-8-15(13-25)11-14-4-6-16(20)7-5-14;/h4-7,15H,2-3,8-13H2,1H3,(H,21,22);1H. The van der Waals surface area contributed by atoms with Crippen LogP contribution in [0.3, 0.4) is 0 Å². The number of guanidine groups is 1. The fourth-order valence-electron chi connectivity index (χ4n) is 3.98. The van der Waals surface area contributed by atoms with E-state index in [1.165, 1.54) is 5.56 Å². The number of aryl methyl sites for hydroxylation is 1. The average Bonchev–Trinajstić information content (AvgIpc) is 3.36. The Hall–Kier alpha value is -1.71. The zero-order valence-corrected chi connectivity index (χ0v) is 17.9. The molecule has 4 rings (SSSR count). The van der Waals surface area contributed by atoms with Gasteiger partial charge in [-0.15, -0.1) is 34.2 Å². The molecule has 0 saturated carbocycles. The van der Waals surface area contributed by atoms with Crippen molar-refractivity contribution < 1.29 is 4.39 Å². The van der Waals surface area contributed by atoms with Gasteiger partial charge in [0.05, 0.1) is 6.54 Å². The molecule has 1 unspecified atom stereocenters. The maximum Gasteiger partial charge on any atom is 0.194 e. The van der Waals surface area contributed by atoms with Gasteiger partial charge in [0, 0.05) is 33.1 Å². The van der Waals surface area contributed by atoms with Gasteiger partial charge in [-0.2, -0.15) is 0 Å². The summed E-state index contributed by atoms with van der Waals surface area (Å²) in [6.07, 6.45) is 4.28. The Labute approximate surface area is 176 Å². The molecule has 2 aliphatic heterocycles. The summed E-state index contributed by atoms with van der Waals surface area (Å²) in [6, 6.07) is 6.85. The highest BCUT2D eigenvalue weighted by molar-refractivity contribution is 14.0. The van der Waals surface area contributed by atoms with Gasteiger partial charge >= 0.3 is 0 Å². The van der Waals surface area contributed by atoms with Gasteiger partial charge in [-0.3, -0.25) is 4.99 Å². The molecule has 3 heterocycles. The minimum Gasteiger partial charge on any atom is -0.349 e. The number of likely N-dealkylation sites (tertiary alicyclic amines) is 1. The van der Waals surface area contributed by atoms with E-state index in [0.29, 0.717) is 12.5 Å². The van der Waals surface area contributed by atoms with Crippen LogP contribution in [0.15, 0.2) is 29.3 Å². The second kappa shape index (κ2) is 8.99. The van der Waals surface area contributed by atoms with Crippen molar-refractivity contribution in [3.8, 4) is 0 Å². The summed E-state index contributed by atoms with van der Waals surface area (Å²) in [4.78, 5) is 6.74. The van der Waals surface area contributed by atoms with E-state index in [-0.39, 0.29) is 29.8 Å². The minimum atomic E-state index is -0.175. The van der Waals surface area contributed by atoms with Crippen molar-refractivity contribution in [2.24, 2.45) is 10.9 Å². The fraction of sp³-hybridized carbons (Fsp3) is 0.526. The smallest absolute Gasteiger partial charge is 0.194 e. The molecule has 1 fully saturated rings. The van der Waals surface area contributed by atoms with Gasteiger partial charge in [0.2, 0.25) is 0 Å². The van der Waals surface area contributed by atoms with Gasteiger partial charge in [0.25, 0.3) is 0 Å². The van der Waals surface area contributed by atoms with Gasteiger partial charge < -0.3 is 14.8 Å². The number of nitrogens with one attached hydrogen (secondary N) is 1. The first-order valence-electron chi connectivity index (χ1n) is 9.34. The largest absolute Gasteiger partial charge is 0.349 e. The van der Waals surface area contributed by atoms with Crippen LogP contribution in [0.2, 0.25) is 0 Å². The number of aliphatic imine (C=N–C) groups is 1. The van der Waals surface area contributed by atoms with Gasteiger partial charge in [-0.25, -0.2) is 4.39 Å². The van der Waals surface area contributed by atoms with Crippen molar-refractivity contribution in [2.75, 3.05) is 20.1 Å². The molecule has 1 N–H and O–H groups in total. The van der Waals surface area contributed by atoms with Crippen molar-refractivity contribution >= 4 is 29.9 Å². The Morgan fingerprint density at radius 1 is 1.26 bits per heavy atom. The van der Waals surface area contributed by atoms with Crippen molar-refractivity contribution in [1.82, 2.24) is 25.0 Å². The van der Waals surface area contributed by atoms with Crippen LogP contribution in [-0.4, -0.2) is 45.8 Å². The monoisotopic (exact) mass is 484 g/mol. The minimum absolute atomic E-state index is 0. The number of aromatic nitrogens is 3. The highest BCUT2D eigenvalue weighted by Gasteiger charge is 2.25. The molecule has 0 amide bonds. The van der Waals surface area contributed by atoms with Crippen molar-refractivity contribution in [3.63, 3.8) is 0 Å². The fourth-order valence-corrected chi connectivity index (χ4v) is 3.98. The molecule has 0 radical (unpaired) electrons. The van der Waals surface area contributed by atoms with Gasteiger partial charge in [0.15, 0.2) is 11.8 Å². The molecule has 6 nitrogen and oxygen atoms in total. The van der Waals surface area contributed by atoms with Gasteiger partial charge in [0.1, 0.15) is 11.6 Å². The maximum absolute atomic E-state index is 13.1. The molecule has 146 valence electrons. The average molecular weight is 484 g/mol. The third kappa shape index (κ3) is 4.59. The lowest BCUT2D eigenvalue weighted by atomic mass is 9.99. The number of benzene rings is 1. The Balaban J connectivity index is 0.00000210. The number of nitrogens with zero attached hydrogens (tertiary/aromatic N) is 5. The van der Waals surface area contributed by atoms with E-state index in [4.69, 9.17) is 0 Å². The lowest BCUT2D eigenvalue weighted by Gasteiger charge is -2.21. The summed E-state index contributed by atoms with van der Waals surface area (Å²) in [6.45, 7) is 3.62. The molecule has 1 aromatic carbocycles. The number of rotatable bonds is 4. The molecule has 0 aliphatic carbocycles. The van der Waals surface area contributed by atoms with Crippen LogP contribution in [0, 0.1) is 11.7 Å². The summed E-state index contributed by atoms with van der Waals surface area (Å²) in [7, 11) is 1.82. The molecule has 2 aliphatic rings. The van der Waals surface area contributed by atoms with Crippen LogP contribution in [0.4, 0.5) is 4.39 Å². The summed E-state index contributed by atoms with van der Waals surface area (Å²) < 4.78 is 15.3. The topological polar surface area (TPSA) is 58.3 Å². The Morgan fingerprint density at radius 2 is 2.07 bits per heavy atom. The lowest BCUT2D eigenvalue weighted by Crippen LogP contribution is -2.40. The van der Waals surface area contributed by atoms with Crippen molar-refractivity contribution in [2.45, 2.75) is 38.8 Å². The van der Waals surface area contributed by atoms with Crippen molar-refractivity contribution in [1.29, 1.82) is 0 Å². The summed E-state index contributed by atoms with van der Waals surface area (Å²) in [5.74, 6) is 3.39. The second-order valence-corrected chi connectivity index (χ2v) is 7.12. The van der Waals surface area contributed by atoms with Crippen LogP contribution >= 0.6 is 24.0 Å². The predicted octanol–water partition coefficient (Wildman–Crippen LogP) is 2.62. The first-order chi connectivity index (χ1) is 12.7. The molecule has 2 aromatic rings. The Morgan fingerprint density at radius 3 is 2.85 bits per heavy atom. The van der Waals surface area contributed by atoms with Crippen LogP contribution < -0.4 is 5.32 Å². The first-order valence-corrected chi connectivity index (χ1v) is 9.34. The van der Waals surface area contributed by atoms with E-state index >= 15 is 0 Å². The Kier molecular flexibility index (Phi) is 6.67. The molecule has 8 heteroatoms. The molecular formula is C19H26FIN6. The second-order valence-electron chi connectivity index (χ2n) is 7.12. The molecule has 27 heavy (non-hydrogen) atoms. The van der Waals surface area contributed by atoms with E-state index in [1.807, 2.05) is 19.2 Å². The zero-order valence-electron chi connectivity index (χ0n) is 15.6. The van der Waals surface area contributed by atoms with Gasteiger partial charge in [-0.05, 0) is 42.9 Å². The number of hydrogen-bond donors (Lipinski definition) is 1. The maximum atomic E-state index is 13.1. The normalized spacial score (nSPS) is 19.1. The molecular weight excluding hydrogens is 458 g/mol. The lowest BCUT2D eigenvalue weighted by molar-refractivity contribution is 0.457. The summed E-state index contributed by atoms with van der Waals surface area (Å²) in [5, 5.41) is 12.0. The SMILES string of the molecule is CN=C(NCc1nnc2n1CCC2)N1CCC(Cc2ccc(F)cc2)C1.I. The molecule has 1 saturated heterocycles. The third-order valence-electron chi connectivity index (χ3n) is 5.33. The van der Waals surface area contributed by atoms with E-state index < -0.39 is 0 Å². The highest BCUT2D eigenvalue weighted by Crippen LogP contribution is 2.21. The molecule has 0 spiro atoms. The van der Waals surface area contributed by atoms with Crippen LogP contribution in [-0.2, 0) is 25.9 Å². The van der Waals surface area contributed by atoms with Crippen molar-refractivity contribution in [3.05, 3.63) is 47.3 Å². The number of fused-ring (bicyclic) bond motifs is 1. The van der Waals surface area contributed by atoms with Gasteiger partial charge in [-0.1, -0.05) is 12.1 Å². The zero-order chi connectivity index (χ0) is 17.9. The van der Waals surface area contributed by atoms with Crippen LogP contribution in [0.25, 0.3) is 0 Å². The van der Waals surface area contributed by atoms with E-state index in [2.05, 4.69) is 30.0 Å². The van der Waals surface area contributed by atoms with Crippen LogP contribution in [0.5, 0.6) is 0 Å². The van der Waals surface area contributed by atoms with E-state index in [1.54, 1.807) is 12.1 Å². The van der Waals surface area contributed by atoms with E-state index in [9.17, 15) is 4.39 Å². The van der Waals surface area contributed by atoms with E-state index in [0.717, 1.165) is 62.9 Å². The molecule has 1 aromatic heterocycles. The quantitative estimate of drug-likeness (QED) is 0.412. The summed E-state index contributed by atoms with van der Waals surface area (Å²) >= 11 is 0. The first kappa shape index (κ1) is 20.0.